The van der Waals surface area contributed by atoms with Crippen molar-refractivity contribution in [3.63, 3.8) is 0 Å². The maximum absolute atomic E-state index is 12.8. The molecule has 1 saturated carbocycles. The van der Waals surface area contributed by atoms with Crippen molar-refractivity contribution in [3.8, 4) is 11.5 Å². The first kappa shape index (κ1) is 17.4. The van der Waals surface area contributed by atoms with Crippen LogP contribution in [0.4, 0.5) is 5.69 Å². The van der Waals surface area contributed by atoms with Crippen molar-refractivity contribution in [2.45, 2.75) is 25.0 Å². The standard InChI is InChI=1S/C22H22ClN3O3/c23-17-8-20-19(28-12-29-20)7-14(17)10-26-9-13-5-6-22(16(13)11-26)24-18-4-2-1-3-15(18)21(27)25-22/h1-4,7-8,13,16,24H,5-6,9-12H2,(H,25,27)/t13-,16+,22+/m1/s1. The van der Waals surface area contributed by atoms with Crippen molar-refractivity contribution >= 4 is 23.2 Å². The maximum atomic E-state index is 12.8. The SMILES string of the molecule is O=C1N[C@]2(CC[C@@H]3CN(Cc4cc5c(cc4Cl)OCO5)C[C@@H]32)Nc2ccccc21. The summed E-state index contributed by atoms with van der Waals surface area (Å²) in [5, 5.41) is 7.70. The molecule has 1 amide bonds. The van der Waals surface area contributed by atoms with Crippen LogP contribution in [0.1, 0.15) is 28.8 Å². The highest BCUT2D eigenvalue weighted by Crippen LogP contribution is 2.48. The number of hydrogen-bond donors (Lipinski definition) is 2. The molecule has 3 atom stereocenters. The molecular formula is C22H22ClN3O3. The number of carbonyl (C=O) groups excluding carboxylic acids is 1. The van der Waals surface area contributed by atoms with Gasteiger partial charge in [-0.1, -0.05) is 23.7 Å². The molecule has 0 unspecified atom stereocenters. The second-order valence-corrected chi connectivity index (χ2v) is 8.90. The summed E-state index contributed by atoms with van der Waals surface area (Å²) in [5.41, 5.74) is 2.36. The Balaban J connectivity index is 1.23. The number of benzene rings is 2. The first-order chi connectivity index (χ1) is 14.1. The predicted molar refractivity (Wildman–Crippen MR) is 109 cm³/mol. The van der Waals surface area contributed by atoms with E-state index in [1.165, 1.54) is 0 Å². The summed E-state index contributed by atoms with van der Waals surface area (Å²) in [7, 11) is 0. The molecular weight excluding hydrogens is 390 g/mol. The van der Waals surface area contributed by atoms with Crippen LogP contribution in [0.25, 0.3) is 0 Å². The number of para-hydroxylation sites is 1. The summed E-state index contributed by atoms with van der Waals surface area (Å²) in [6, 6.07) is 11.6. The Hall–Kier alpha value is -2.44. The van der Waals surface area contributed by atoms with Gasteiger partial charge in [0.25, 0.3) is 5.91 Å². The first-order valence-corrected chi connectivity index (χ1v) is 10.5. The summed E-state index contributed by atoms with van der Waals surface area (Å²) in [4.78, 5) is 15.2. The second-order valence-electron chi connectivity index (χ2n) is 8.49. The quantitative estimate of drug-likeness (QED) is 0.792. The zero-order valence-electron chi connectivity index (χ0n) is 15.9. The van der Waals surface area contributed by atoms with E-state index >= 15 is 0 Å². The molecule has 2 fully saturated rings. The van der Waals surface area contributed by atoms with Gasteiger partial charge in [0.05, 0.1) is 5.56 Å². The van der Waals surface area contributed by atoms with Crippen molar-refractivity contribution in [1.82, 2.24) is 10.2 Å². The number of hydrogen-bond acceptors (Lipinski definition) is 5. The van der Waals surface area contributed by atoms with Crippen molar-refractivity contribution in [2.75, 3.05) is 25.2 Å². The molecule has 1 aliphatic carbocycles. The van der Waals surface area contributed by atoms with Gasteiger partial charge >= 0.3 is 0 Å². The molecule has 3 heterocycles. The van der Waals surface area contributed by atoms with Crippen LogP contribution < -0.4 is 20.1 Å². The minimum atomic E-state index is -0.358. The summed E-state index contributed by atoms with van der Waals surface area (Å²) >= 11 is 6.49. The Morgan fingerprint density at radius 2 is 1.97 bits per heavy atom. The second kappa shape index (κ2) is 6.28. The number of halogens is 1. The molecule has 1 spiro atoms. The van der Waals surface area contributed by atoms with Crippen LogP contribution in [0.5, 0.6) is 11.5 Å². The predicted octanol–water partition coefficient (Wildman–Crippen LogP) is 3.46. The monoisotopic (exact) mass is 411 g/mol. The van der Waals surface area contributed by atoms with E-state index in [1.54, 1.807) is 0 Å². The lowest BCUT2D eigenvalue weighted by molar-refractivity contribution is 0.0871. The zero-order valence-corrected chi connectivity index (χ0v) is 16.7. The molecule has 0 radical (unpaired) electrons. The third kappa shape index (κ3) is 2.69. The molecule has 150 valence electrons. The van der Waals surface area contributed by atoms with Gasteiger partial charge in [-0.15, -0.1) is 0 Å². The summed E-state index contributed by atoms with van der Waals surface area (Å²) in [6.45, 7) is 2.95. The number of rotatable bonds is 2. The van der Waals surface area contributed by atoms with Crippen LogP contribution >= 0.6 is 11.6 Å². The summed E-state index contributed by atoms with van der Waals surface area (Å²) < 4.78 is 10.9. The highest BCUT2D eigenvalue weighted by atomic mass is 35.5. The van der Waals surface area contributed by atoms with E-state index in [1.807, 2.05) is 36.4 Å². The van der Waals surface area contributed by atoms with Crippen LogP contribution in [0.3, 0.4) is 0 Å². The van der Waals surface area contributed by atoms with Crippen molar-refractivity contribution in [1.29, 1.82) is 0 Å². The molecule has 6 nitrogen and oxygen atoms in total. The number of nitrogens with zero attached hydrogens (tertiary/aromatic N) is 1. The zero-order chi connectivity index (χ0) is 19.6. The van der Waals surface area contributed by atoms with Crippen LogP contribution in [0.15, 0.2) is 36.4 Å². The molecule has 4 aliphatic rings. The highest BCUT2D eigenvalue weighted by molar-refractivity contribution is 6.31. The number of anilines is 1. The van der Waals surface area contributed by atoms with Crippen LogP contribution in [0, 0.1) is 11.8 Å². The number of carbonyl (C=O) groups is 1. The Kier molecular flexibility index (Phi) is 3.77. The highest BCUT2D eigenvalue weighted by Gasteiger charge is 2.54. The Morgan fingerprint density at radius 3 is 2.86 bits per heavy atom. The Labute approximate surface area is 174 Å². The number of fused-ring (bicyclic) bond motifs is 4. The molecule has 2 aromatic rings. The molecule has 3 aliphatic heterocycles. The molecule has 1 saturated heterocycles. The van der Waals surface area contributed by atoms with E-state index in [9.17, 15) is 4.79 Å². The minimum absolute atomic E-state index is 0.0252. The van der Waals surface area contributed by atoms with Gasteiger partial charge in [0.2, 0.25) is 6.79 Å². The number of ether oxygens (including phenoxy) is 2. The van der Waals surface area contributed by atoms with Crippen molar-refractivity contribution < 1.29 is 14.3 Å². The lowest BCUT2D eigenvalue weighted by atomic mass is 9.89. The topological polar surface area (TPSA) is 62.8 Å². The molecule has 6 rings (SSSR count). The van der Waals surface area contributed by atoms with Crippen LogP contribution in [0.2, 0.25) is 5.02 Å². The van der Waals surface area contributed by atoms with E-state index in [0.717, 1.165) is 55.0 Å². The molecule has 2 N–H and O–H groups in total. The van der Waals surface area contributed by atoms with Gasteiger partial charge in [-0.25, -0.2) is 0 Å². The Bertz CT molecular complexity index is 1010. The third-order valence-corrected chi connectivity index (χ3v) is 7.21. The fraction of sp³-hybridized carbons (Fsp3) is 0.409. The van der Waals surface area contributed by atoms with Crippen molar-refractivity contribution in [2.24, 2.45) is 11.8 Å². The Morgan fingerprint density at radius 1 is 1.14 bits per heavy atom. The van der Waals surface area contributed by atoms with Gasteiger partial charge in [0.1, 0.15) is 5.66 Å². The van der Waals surface area contributed by atoms with Crippen LogP contribution in [-0.4, -0.2) is 36.4 Å². The molecule has 0 bridgehead atoms. The fourth-order valence-electron chi connectivity index (χ4n) is 5.50. The van der Waals surface area contributed by atoms with Crippen LogP contribution in [-0.2, 0) is 6.54 Å². The molecule has 2 aromatic carbocycles. The molecule has 7 heteroatoms. The van der Waals surface area contributed by atoms with Gasteiger partial charge in [-0.2, -0.15) is 0 Å². The van der Waals surface area contributed by atoms with E-state index in [0.29, 0.717) is 22.6 Å². The van der Waals surface area contributed by atoms with Gasteiger partial charge in [0.15, 0.2) is 11.5 Å². The van der Waals surface area contributed by atoms with E-state index < -0.39 is 0 Å². The largest absolute Gasteiger partial charge is 0.454 e. The lowest BCUT2D eigenvalue weighted by Gasteiger charge is -2.42. The number of likely N-dealkylation sites (tertiary alicyclic amines) is 1. The lowest BCUT2D eigenvalue weighted by Crippen LogP contribution is -2.61. The smallest absolute Gasteiger partial charge is 0.255 e. The summed E-state index contributed by atoms with van der Waals surface area (Å²) in [5.74, 6) is 2.42. The maximum Gasteiger partial charge on any atom is 0.255 e. The van der Waals surface area contributed by atoms with Gasteiger partial charge in [-0.3, -0.25) is 9.69 Å². The van der Waals surface area contributed by atoms with E-state index in [4.69, 9.17) is 21.1 Å². The van der Waals surface area contributed by atoms with Crippen molar-refractivity contribution in [3.05, 3.63) is 52.5 Å². The normalized spacial score (nSPS) is 29.5. The molecule has 0 aromatic heterocycles. The summed E-state index contributed by atoms with van der Waals surface area (Å²) in [6.07, 6.45) is 2.06. The van der Waals surface area contributed by atoms with Gasteiger partial charge in [0, 0.05) is 42.3 Å². The van der Waals surface area contributed by atoms with Gasteiger partial charge in [-0.05, 0) is 42.5 Å². The van der Waals surface area contributed by atoms with Gasteiger partial charge < -0.3 is 20.1 Å². The number of nitrogens with one attached hydrogen (secondary N) is 2. The van der Waals surface area contributed by atoms with E-state index in [2.05, 4.69) is 15.5 Å². The minimum Gasteiger partial charge on any atom is -0.454 e. The molecule has 29 heavy (non-hydrogen) atoms. The average Bonchev–Trinajstić information content (AvgIpc) is 3.40. The number of amides is 1. The fourth-order valence-corrected chi connectivity index (χ4v) is 5.72. The van der Waals surface area contributed by atoms with E-state index in [-0.39, 0.29) is 18.4 Å². The average molecular weight is 412 g/mol. The first-order valence-electron chi connectivity index (χ1n) is 10.1. The third-order valence-electron chi connectivity index (χ3n) is 6.86.